The van der Waals surface area contributed by atoms with E-state index in [4.69, 9.17) is 9.47 Å². The Labute approximate surface area is 129 Å². The van der Waals surface area contributed by atoms with Crippen molar-refractivity contribution in [2.24, 2.45) is 5.92 Å². The predicted molar refractivity (Wildman–Crippen MR) is 86.9 cm³/mol. The average molecular weight is 291 g/mol. The molecule has 1 saturated heterocycles. The van der Waals surface area contributed by atoms with Gasteiger partial charge in [0.05, 0.1) is 13.2 Å². The number of para-hydroxylation sites is 1. The molecular weight excluding hydrogens is 262 g/mol. The van der Waals surface area contributed by atoms with Crippen molar-refractivity contribution in [3.05, 3.63) is 29.8 Å². The summed E-state index contributed by atoms with van der Waals surface area (Å²) in [6.07, 6.45) is 4.83. The monoisotopic (exact) mass is 291 g/mol. The molecule has 0 amide bonds. The maximum atomic E-state index is 5.90. The van der Waals surface area contributed by atoms with Crippen LogP contribution in [-0.4, -0.2) is 32.4 Å². The van der Waals surface area contributed by atoms with Crippen molar-refractivity contribution < 1.29 is 9.47 Å². The molecule has 3 unspecified atom stereocenters. The molecule has 3 heteroatoms. The van der Waals surface area contributed by atoms with Crippen LogP contribution in [0.25, 0.3) is 0 Å². The van der Waals surface area contributed by atoms with Crippen molar-refractivity contribution in [3.8, 4) is 5.75 Å². The standard InChI is InChI=1S/C18H29NO2/c1-4-11-19-16(15-10-12-21-17(15)5-2)13-14-8-6-7-9-18(14)20-3/h6-9,15-17,19H,4-5,10-13H2,1-3H3. The van der Waals surface area contributed by atoms with Gasteiger partial charge >= 0.3 is 0 Å². The molecule has 1 aliphatic heterocycles. The average Bonchev–Trinajstić information content (AvgIpc) is 3.00. The Morgan fingerprint density at radius 1 is 1.33 bits per heavy atom. The third kappa shape index (κ3) is 4.21. The topological polar surface area (TPSA) is 30.5 Å². The van der Waals surface area contributed by atoms with Crippen LogP contribution in [0.3, 0.4) is 0 Å². The molecule has 1 aliphatic rings. The molecule has 0 spiro atoms. The van der Waals surface area contributed by atoms with Crippen LogP contribution in [0.1, 0.15) is 38.7 Å². The fraction of sp³-hybridized carbons (Fsp3) is 0.667. The molecule has 118 valence electrons. The van der Waals surface area contributed by atoms with Crippen molar-refractivity contribution in [2.45, 2.75) is 51.7 Å². The lowest BCUT2D eigenvalue weighted by atomic mass is 9.87. The van der Waals surface area contributed by atoms with Crippen LogP contribution in [0.2, 0.25) is 0 Å². The second-order valence-electron chi connectivity index (χ2n) is 5.85. The van der Waals surface area contributed by atoms with Crippen LogP contribution in [0.5, 0.6) is 5.75 Å². The van der Waals surface area contributed by atoms with Gasteiger partial charge < -0.3 is 14.8 Å². The molecule has 0 aromatic heterocycles. The number of nitrogens with one attached hydrogen (secondary N) is 1. The first-order valence-electron chi connectivity index (χ1n) is 8.27. The van der Waals surface area contributed by atoms with Gasteiger partial charge in [0.15, 0.2) is 0 Å². The molecule has 0 bridgehead atoms. The summed E-state index contributed by atoms with van der Waals surface area (Å²) in [5, 5.41) is 3.74. The van der Waals surface area contributed by atoms with Gasteiger partial charge in [-0.1, -0.05) is 32.0 Å². The van der Waals surface area contributed by atoms with E-state index in [1.54, 1.807) is 7.11 Å². The highest BCUT2D eigenvalue weighted by atomic mass is 16.5. The van der Waals surface area contributed by atoms with E-state index in [2.05, 4.69) is 37.4 Å². The van der Waals surface area contributed by atoms with Gasteiger partial charge in [0.25, 0.3) is 0 Å². The lowest BCUT2D eigenvalue weighted by molar-refractivity contribution is 0.0774. The Morgan fingerprint density at radius 3 is 2.86 bits per heavy atom. The van der Waals surface area contributed by atoms with Crippen LogP contribution in [0.15, 0.2) is 24.3 Å². The minimum Gasteiger partial charge on any atom is -0.496 e. The highest BCUT2D eigenvalue weighted by Gasteiger charge is 2.33. The van der Waals surface area contributed by atoms with Gasteiger partial charge in [0, 0.05) is 18.6 Å². The van der Waals surface area contributed by atoms with E-state index in [1.165, 1.54) is 5.56 Å². The SMILES string of the molecule is CCCNC(Cc1ccccc1OC)C1CCOC1CC. The van der Waals surface area contributed by atoms with Gasteiger partial charge in [0.1, 0.15) is 5.75 Å². The maximum Gasteiger partial charge on any atom is 0.122 e. The summed E-state index contributed by atoms with van der Waals surface area (Å²) >= 11 is 0. The molecule has 0 radical (unpaired) electrons. The number of hydrogen-bond acceptors (Lipinski definition) is 3. The maximum absolute atomic E-state index is 5.90. The van der Waals surface area contributed by atoms with Gasteiger partial charge in [-0.15, -0.1) is 0 Å². The first kappa shape index (κ1) is 16.3. The molecule has 1 aromatic carbocycles. The fourth-order valence-electron chi connectivity index (χ4n) is 3.36. The second-order valence-corrected chi connectivity index (χ2v) is 5.85. The molecule has 3 nitrogen and oxygen atoms in total. The zero-order valence-corrected chi connectivity index (χ0v) is 13.6. The highest BCUT2D eigenvalue weighted by Crippen LogP contribution is 2.30. The van der Waals surface area contributed by atoms with Crippen LogP contribution in [-0.2, 0) is 11.2 Å². The Kier molecular flexibility index (Phi) is 6.52. The molecule has 1 aromatic rings. The smallest absolute Gasteiger partial charge is 0.122 e. The quantitative estimate of drug-likeness (QED) is 0.796. The molecular formula is C18H29NO2. The zero-order chi connectivity index (χ0) is 15.1. The lowest BCUT2D eigenvalue weighted by Crippen LogP contribution is -2.42. The molecule has 21 heavy (non-hydrogen) atoms. The third-order valence-electron chi connectivity index (χ3n) is 4.47. The molecule has 0 aliphatic carbocycles. The van der Waals surface area contributed by atoms with E-state index in [1.807, 2.05) is 6.07 Å². The number of rotatable bonds is 8. The highest BCUT2D eigenvalue weighted by molar-refractivity contribution is 5.34. The number of ether oxygens (including phenoxy) is 2. The first-order chi connectivity index (χ1) is 10.3. The van der Waals surface area contributed by atoms with E-state index < -0.39 is 0 Å². The largest absolute Gasteiger partial charge is 0.496 e. The number of methoxy groups -OCH3 is 1. The molecule has 1 fully saturated rings. The Hall–Kier alpha value is -1.06. The van der Waals surface area contributed by atoms with Gasteiger partial charge in [-0.3, -0.25) is 0 Å². The molecule has 3 atom stereocenters. The van der Waals surface area contributed by atoms with Crippen molar-refractivity contribution in [3.63, 3.8) is 0 Å². The summed E-state index contributed by atoms with van der Waals surface area (Å²) in [5.74, 6) is 1.60. The number of benzene rings is 1. The van der Waals surface area contributed by atoms with Crippen LogP contribution in [0.4, 0.5) is 0 Å². The summed E-state index contributed by atoms with van der Waals surface area (Å²) in [6.45, 7) is 6.41. The zero-order valence-electron chi connectivity index (χ0n) is 13.6. The molecule has 1 heterocycles. The van der Waals surface area contributed by atoms with Crippen molar-refractivity contribution in [1.29, 1.82) is 0 Å². The summed E-state index contributed by atoms with van der Waals surface area (Å²) in [5.41, 5.74) is 1.29. The first-order valence-corrected chi connectivity index (χ1v) is 8.27. The van der Waals surface area contributed by atoms with Gasteiger partial charge in [-0.05, 0) is 43.9 Å². The lowest BCUT2D eigenvalue weighted by Gasteiger charge is -2.28. The third-order valence-corrected chi connectivity index (χ3v) is 4.47. The van der Waals surface area contributed by atoms with Crippen molar-refractivity contribution in [2.75, 3.05) is 20.3 Å². The molecule has 0 saturated carbocycles. The van der Waals surface area contributed by atoms with Crippen LogP contribution in [0, 0.1) is 5.92 Å². The Bertz CT molecular complexity index is 421. The van der Waals surface area contributed by atoms with E-state index >= 15 is 0 Å². The van der Waals surface area contributed by atoms with Gasteiger partial charge in [-0.2, -0.15) is 0 Å². The van der Waals surface area contributed by atoms with E-state index in [-0.39, 0.29) is 0 Å². The van der Waals surface area contributed by atoms with E-state index in [9.17, 15) is 0 Å². The van der Waals surface area contributed by atoms with E-state index in [0.29, 0.717) is 18.1 Å². The molecule has 2 rings (SSSR count). The predicted octanol–water partition coefficient (Wildman–Crippen LogP) is 3.42. The van der Waals surface area contributed by atoms with Crippen LogP contribution >= 0.6 is 0 Å². The minimum absolute atomic E-state index is 0.397. The number of hydrogen-bond donors (Lipinski definition) is 1. The summed E-state index contributed by atoms with van der Waals surface area (Å²) in [7, 11) is 1.75. The van der Waals surface area contributed by atoms with Crippen LogP contribution < -0.4 is 10.1 Å². The van der Waals surface area contributed by atoms with Gasteiger partial charge in [-0.25, -0.2) is 0 Å². The summed E-state index contributed by atoms with van der Waals surface area (Å²) in [6, 6.07) is 8.82. The van der Waals surface area contributed by atoms with Gasteiger partial charge in [0.2, 0.25) is 0 Å². The summed E-state index contributed by atoms with van der Waals surface area (Å²) in [4.78, 5) is 0. The minimum atomic E-state index is 0.397. The Balaban J connectivity index is 2.12. The fourth-order valence-corrected chi connectivity index (χ4v) is 3.36. The van der Waals surface area contributed by atoms with Crippen molar-refractivity contribution >= 4 is 0 Å². The Morgan fingerprint density at radius 2 is 2.14 bits per heavy atom. The second kappa shape index (κ2) is 8.40. The van der Waals surface area contributed by atoms with E-state index in [0.717, 1.165) is 44.6 Å². The molecule has 1 N–H and O–H groups in total. The summed E-state index contributed by atoms with van der Waals surface area (Å²) < 4.78 is 11.4. The normalized spacial score (nSPS) is 23.2. The van der Waals surface area contributed by atoms with Crippen molar-refractivity contribution in [1.82, 2.24) is 5.32 Å².